The van der Waals surface area contributed by atoms with Crippen LogP contribution in [0.1, 0.15) is 17.7 Å². The molecule has 0 amide bonds. The van der Waals surface area contributed by atoms with E-state index in [1.54, 1.807) is 31.2 Å². The molecular formula is C16H16N2O5S. The van der Waals surface area contributed by atoms with Crippen molar-refractivity contribution in [1.29, 1.82) is 0 Å². The highest BCUT2D eigenvalue weighted by molar-refractivity contribution is 7.93. The third-order valence-corrected chi connectivity index (χ3v) is 5.54. The Bertz CT molecular complexity index is 945. The number of aryl methyl sites for hydroxylation is 1. The fraction of sp³-hybridized carbons (Fsp3) is 0.250. The third kappa shape index (κ3) is 3.18. The van der Waals surface area contributed by atoms with Gasteiger partial charge in [-0.2, -0.15) is 0 Å². The molecule has 2 heterocycles. The molecule has 0 atom stereocenters. The van der Waals surface area contributed by atoms with Crippen molar-refractivity contribution in [2.24, 2.45) is 4.99 Å². The minimum Gasteiger partial charge on any atom is -0.507 e. The van der Waals surface area contributed by atoms with Gasteiger partial charge in [0.15, 0.2) is 0 Å². The Morgan fingerprint density at radius 2 is 2.00 bits per heavy atom. The van der Waals surface area contributed by atoms with Crippen molar-refractivity contribution in [1.82, 2.24) is 0 Å². The van der Waals surface area contributed by atoms with Crippen LogP contribution in [0, 0.1) is 6.92 Å². The summed E-state index contributed by atoms with van der Waals surface area (Å²) in [6.07, 6.45) is 1.84. The van der Waals surface area contributed by atoms with Gasteiger partial charge in [-0.25, -0.2) is 13.2 Å². The number of nitrogens with zero attached hydrogens (tertiary/aromatic N) is 2. The van der Waals surface area contributed by atoms with Crippen LogP contribution in [0.4, 0.5) is 11.4 Å². The van der Waals surface area contributed by atoms with Gasteiger partial charge in [-0.1, -0.05) is 0 Å². The van der Waals surface area contributed by atoms with Crippen LogP contribution in [0.15, 0.2) is 44.5 Å². The molecule has 0 radical (unpaired) electrons. The molecule has 0 spiro atoms. The van der Waals surface area contributed by atoms with Crippen LogP contribution >= 0.6 is 0 Å². The van der Waals surface area contributed by atoms with Crippen LogP contribution in [0.3, 0.4) is 0 Å². The molecule has 1 aliphatic heterocycles. The number of anilines is 1. The number of benzene rings is 1. The lowest BCUT2D eigenvalue weighted by Crippen LogP contribution is -2.24. The number of hydrogen-bond donors (Lipinski definition) is 1. The summed E-state index contributed by atoms with van der Waals surface area (Å²) in [4.78, 5) is 15.8. The lowest BCUT2D eigenvalue weighted by molar-refractivity contribution is 0.433. The zero-order valence-electron chi connectivity index (χ0n) is 13.0. The minimum absolute atomic E-state index is 0.0354. The quantitative estimate of drug-likeness (QED) is 0.855. The van der Waals surface area contributed by atoms with Gasteiger partial charge < -0.3 is 9.52 Å². The number of hydrogen-bond acceptors (Lipinski definition) is 6. The van der Waals surface area contributed by atoms with Gasteiger partial charge in [-0.3, -0.25) is 9.30 Å². The van der Waals surface area contributed by atoms with E-state index in [9.17, 15) is 18.3 Å². The molecule has 0 unspecified atom stereocenters. The molecule has 1 N–H and O–H groups in total. The summed E-state index contributed by atoms with van der Waals surface area (Å²) in [6, 6.07) is 7.95. The van der Waals surface area contributed by atoms with Crippen molar-refractivity contribution < 1.29 is 17.9 Å². The van der Waals surface area contributed by atoms with Gasteiger partial charge in [0.2, 0.25) is 10.0 Å². The third-order valence-electron chi connectivity index (χ3n) is 3.67. The zero-order chi connectivity index (χ0) is 17.3. The van der Waals surface area contributed by atoms with E-state index in [1.807, 2.05) is 0 Å². The molecule has 1 saturated heterocycles. The van der Waals surface area contributed by atoms with E-state index in [4.69, 9.17) is 4.42 Å². The highest BCUT2D eigenvalue weighted by Gasteiger charge is 2.28. The van der Waals surface area contributed by atoms with Crippen LogP contribution in [-0.4, -0.2) is 32.0 Å². The maximum Gasteiger partial charge on any atom is 0.348 e. The molecule has 0 saturated carbocycles. The van der Waals surface area contributed by atoms with Crippen molar-refractivity contribution in [3.63, 3.8) is 0 Å². The predicted molar refractivity (Wildman–Crippen MR) is 90.8 cm³/mol. The van der Waals surface area contributed by atoms with Gasteiger partial charge in [-0.05, 0) is 37.6 Å². The first-order chi connectivity index (χ1) is 11.4. The first kappa shape index (κ1) is 16.3. The van der Waals surface area contributed by atoms with E-state index < -0.39 is 15.6 Å². The Kier molecular flexibility index (Phi) is 4.15. The molecular weight excluding hydrogens is 332 g/mol. The van der Waals surface area contributed by atoms with E-state index in [-0.39, 0.29) is 17.1 Å². The Morgan fingerprint density at radius 1 is 1.29 bits per heavy atom. The lowest BCUT2D eigenvalue weighted by Gasteiger charge is -2.16. The second-order valence-electron chi connectivity index (χ2n) is 5.46. The first-order valence-electron chi connectivity index (χ1n) is 7.35. The summed E-state index contributed by atoms with van der Waals surface area (Å²) < 4.78 is 30.1. The Hall–Kier alpha value is -2.61. The molecule has 1 aliphatic rings. The second-order valence-corrected chi connectivity index (χ2v) is 7.47. The smallest absolute Gasteiger partial charge is 0.348 e. The number of aliphatic imine (C=N–C) groups is 1. The highest BCUT2D eigenvalue weighted by atomic mass is 32.2. The topological polar surface area (TPSA) is 100 Å². The molecule has 7 nitrogen and oxygen atoms in total. The maximum absolute atomic E-state index is 11.9. The van der Waals surface area contributed by atoms with E-state index in [1.165, 1.54) is 16.6 Å². The molecule has 126 valence electrons. The van der Waals surface area contributed by atoms with Crippen LogP contribution < -0.4 is 9.93 Å². The Labute approximate surface area is 138 Å². The number of aromatic hydroxyl groups is 1. The fourth-order valence-corrected chi connectivity index (χ4v) is 4.06. The molecule has 2 aromatic rings. The summed E-state index contributed by atoms with van der Waals surface area (Å²) in [5.74, 6) is 0.271. The van der Waals surface area contributed by atoms with Gasteiger partial charge >= 0.3 is 5.63 Å². The average molecular weight is 348 g/mol. The summed E-state index contributed by atoms with van der Waals surface area (Å²) in [7, 11) is -3.22. The number of rotatable bonds is 3. The molecule has 1 aromatic carbocycles. The highest BCUT2D eigenvalue weighted by Crippen LogP contribution is 2.26. The van der Waals surface area contributed by atoms with Crippen LogP contribution in [-0.2, 0) is 10.0 Å². The zero-order valence-corrected chi connectivity index (χ0v) is 13.8. The molecule has 1 fully saturated rings. The van der Waals surface area contributed by atoms with Crippen LogP contribution in [0.5, 0.6) is 5.75 Å². The average Bonchev–Trinajstić information content (AvgIpc) is 2.86. The van der Waals surface area contributed by atoms with Crippen LogP contribution in [0.2, 0.25) is 0 Å². The van der Waals surface area contributed by atoms with Gasteiger partial charge in [0, 0.05) is 18.8 Å². The number of sulfonamides is 1. The maximum atomic E-state index is 11.9. The lowest BCUT2D eigenvalue weighted by atomic mass is 10.2. The Balaban J connectivity index is 1.84. The summed E-state index contributed by atoms with van der Waals surface area (Å²) in [5, 5.41) is 9.77. The van der Waals surface area contributed by atoms with Gasteiger partial charge in [0.05, 0.1) is 17.1 Å². The molecule has 3 rings (SSSR count). The van der Waals surface area contributed by atoms with Crippen molar-refractivity contribution in [2.75, 3.05) is 16.6 Å². The molecule has 24 heavy (non-hydrogen) atoms. The van der Waals surface area contributed by atoms with E-state index in [2.05, 4.69) is 4.99 Å². The molecule has 0 aliphatic carbocycles. The summed E-state index contributed by atoms with van der Waals surface area (Å²) in [6.45, 7) is 2.04. The van der Waals surface area contributed by atoms with Crippen molar-refractivity contribution in [3.8, 4) is 5.75 Å². The largest absolute Gasteiger partial charge is 0.507 e. The molecule has 1 aromatic heterocycles. The SMILES string of the molecule is Cc1cc(O)c(C=Nc2ccc(N3CCCS3(=O)=O)cc2)c(=O)o1. The van der Waals surface area contributed by atoms with Crippen molar-refractivity contribution in [2.45, 2.75) is 13.3 Å². The van der Waals surface area contributed by atoms with Crippen molar-refractivity contribution in [3.05, 3.63) is 52.1 Å². The predicted octanol–water partition coefficient (Wildman–Crippen LogP) is 1.94. The summed E-state index contributed by atoms with van der Waals surface area (Å²) >= 11 is 0. The monoisotopic (exact) mass is 348 g/mol. The van der Waals surface area contributed by atoms with E-state index >= 15 is 0 Å². The van der Waals surface area contributed by atoms with E-state index in [0.717, 1.165) is 0 Å². The normalized spacial score (nSPS) is 16.8. The second kappa shape index (κ2) is 6.12. The minimum atomic E-state index is -3.22. The Morgan fingerprint density at radius 3 is 2.58 bits per heavy atom. The summed E-state index contributed by atoms with van der Waals surface area (Å²) in [5.41, 5.74) is 0.404. The fourth-order valence-electron chi connectivity index (χ4n) is 2.50. The van der Waals surface area contributed by atoms with Gasteiger partial charge in [0.25, 0.3) is 0 Å². The van der Waals surface area contributed by atoms with Crippen molar-refractivity contribution >= 4 is 27.6 Å². The van der Waals surface area contributed by atoms with Gasteiger partial charge in [0.1, 0.15) is 17.1 Å². The molecule has 0 bridgehead atoms. The first-order valence-corrected chi connectivity index (χ1v) is 8.96. The molecule has 8 heteroatoms. The van der Waals surface area contributed by atoms with E-state index in [0.29, 0.717) is 30.1 Å². The van der Waals surface area contributed by atoms with Crippen LogP contribution in [0.25, 0.3) is 0 Å². The standard InChI is InChI=1S/C16H16N2O5S/c1-11-9-15(19)14(16(20)23-11)10-17-12-3-5-13(6-4-12)18-7-2-8-24(18,21)22/h3-6,9-10,19H,2,7-8H2,1H3. The van der Waals surface area contributed by atoms with Gasteiger partial charge in [-0.15, -0.1) is 0 Å².